The Morgan fingerprint density at radius 2 is 2.10 bits per heavy atom. The Labute approximate surface area is 176 Å². The van der Waals surface area contributed by atoms with Crippen molar-refractivity contribution >= 4 is 11.8 Å². The number of nitrogens with zero attached hydrogens (tertiary/aromatic N) is 2. The number of rotatable bonds is 7. The number of aryl methyl sites for hydroxylation is 1. The Morgan fingerprint density at radius 1 is 1.35 bits per heavy atom. The van der Waals surface area contributed by atoms with E-state index in [1.54, 1.807) is 19.1 Å². The minimum absolute atomic E-state index is 0.0589. The number of nitrogens with one attached hydrogen (secondary N) is 1. The summed E-state index contributed by atoms with van der Waals surface area (Å²) in [5, 5.41) is 11.5. The van der Waals surface area contributed by atoms with Crippen molar-refractivity contribution in [3.8, 4) is 5.75 Å². The van der Waals surface area contributed by atoms with Gasteiger partial charge in [0.15, 0.2) is 0 Å². The molecule has 1 atom stereocenters. The number of hydrogen-bond acceptors (Lipinski definition) is 5. The summed E-state index contributed by atoms with van der Waals surface area (Å²) >= 11 is 0. The highest BCUT2D eigenvalue weighted by atomic mass is 19.4. The van der Waals surface area contributed by atoms with E-state index in [1.165, 1.54) is 30.2 Å². The number of ether oxygens (including phenoxy) is 1. The molecule has 166 valence electrons. The van der Waals surface area contributed by atoms with Crippen molar-refractivity contribution in [1.29, 1.82) is 0 Å². The number of amides is 2. The van der Waals surface area contributed by atoms with Crippen LogP contribution in [0, 0.1) is 6.92 Å². The average molecular weight is 437 g/mol. The van der Waals surface area contributed by atoms with Crippen LogP contribution < -0.4 is 10.1 Å². The van der Waals surface area contributed by atoms with Gasteiger partial charge in [0, 0.05) is 37.0 Å². The third-order valence-electron chi connectivity index (χ3n) is 5.09. The molecule has 7 nitrogen and oxygen atoms in total. The number of hydrogen-bond donors (Lipinski definition) is 2. The van der Waals surface area contributed by atoms with E-state index in [-0.39, 0.29) is 42.6 Å². The number of alkyl halides is 3. The molecule has 0 bridgehead atoms. The summed E-state index contributed by atoms with van der Waals surface area (Å²) in [6.45, 7) is 3.62. The Hall–Kier alpha value is -3.14. The number of carbonyl (C=O) groups is 2. The fraction of sp³-hybridized carbons (Fsp3) is 0.381. The lowest BCUT2D eigenvalue weighted by atomic mass is 10.0. The summed E-state index contributed by atoms with van der Waals surface area (Å²) in [5.74, 6) is -1.02. The van der Waals surface area contributed by atoms with Crippen LogP contribution >= 0.6 is 0 Å². The van der Waals surface area contributed by atoms with Crippen molar-refractivity contribution in [2.45, 2.75) is 39.2 Å². The van der Waals surface area contributed by atoms with Gasteiger partial charge in [0.25, 0.3) is 11.8 Å². The van der Waals surface area contributed by atoms with Crippen molar-refractivity contribution in [2.24, 2.45) is 0 Å². The highest BCUT2D eigenvalue weighted by Gasteiger charge is 2.35. The molecule has 0 saturated carbocycles. The lowest BCUT2D eigenvalue weighted by molar-refractivity contribution is -0.274. The highest BCUT2D eigenvalue weighted by molar-refractivity contribution is 6.03. The summed E-state index contributed by atoms with van der Waals surface area (Å²) in [5.41, 5.74) is 1.92. The standard InChI is InChI=1S/C21H22F3N3O4/c1-12-10-14(4-5-17(12)31-21(22,23)24)13(2)27-11-16-15(20(27)30)6-8-25-18(16)19(29)26-7-3-9-28/h4-6,8,10,13,28H,3,7,9,11H2,1-2H3,(H,26,29). The molecule has 1 unspecified atom stereocenters. The first-order chi connectivity index (χ1) is 14.6. The van der Waals surface area contributed by atoms with Crippen molar-refractivity contribution in [3.63, 3.8) is 0 Å². The van der Waals surface area contributed by atoms with Gasteiger partial charge in [0.1, 0.15) is 11.4 Å². The normalized spacial score (nSPS) is 14.4. The molecule has 3 rings (SSSR count). The number of aromatic nitrogens is 1. The van der Waals surface area contributed by atoms with Gasteiger partial charge in [-0.15, -0.1) is 13.2 Å². The first kappa shape index (κ1) is 22.5. The van der Waals surface area contributed by atoms with Gasteiger partial charge in [0.05, 0.1) is 6.04 Å². The van der Waals surface area contributed by atoms with Crippen LogP contribution in [0.25, 0.3) is 0 Å². The molecule has 0 spiro atoms. The zero-order chi connectivity index (χ0) is 22.8. The van der Waals surface area contributed by atoms with Crippen LogP contribution in [0.2, 0.25) is 0 Å². The van der Waals surface area contributed by atoms with Crippen LogP contribution in [0.15, 0.2) is 30.5 Å². The molecule has 2 aromatic rings. The molecule has 1 aliphatic heterocycles. The average Bonchev–Trinajstić information content (AvgIpc) is 3.05. The van der Waals surface area contributed by atoms with E-state index in [0.717, 1.165) is 0 Å². The van der Waals surface area contributed by atoms with Crippen LogP contribution in [0.4, 0.5) is 13.2 Å². The minimum Gasteiger partial charge on any atom is -0.406 e. The Balaban J connectivity index is 1.81. The SMILES string of the molecule is Cc1cc(C(C)N2Cc3c(ccnc3C(=O)NCCCO)C2=O)ccc1OC(F)(F)F. The number of aliphatic hydroxyl groups is 1. The molecule has 2 amide bonds. The minimum atomic E-state index is -4.79. The third-order valence-corrected chi connectivity index (χ3v) is 5.09. The number of carbonyl (C=O) groups excluding carboxylic acids is 2. The van der Waals surface area contributed by atoms with E-state index < -0.39 is 18.3 Å². The van der Waals surface area contributed by atoms with Crippen molar-refractivity contribution in [3.05, 3.63) is 58.4 Å². The van der Waals surface area contributed by atoms with Crippen molar-refractivity contribution in [1.82, 2.24) is 15.2 Å². The maximum Gasteiger partial charge on any atom is 0.573 e. The van der Waals surface area contributed by atoms with E-state index in [0.29, 0.717) is 23.1 Å². The molecule has 1 aliphatic rings. The van der Waals surface area contributed by atoms with Gasteiger partial charge in [-0.2, -0.15) is 0 Å². The van der Waals surface area contributed by atoms with E-state index in [2.05, 4.69) is 15.0 Å². The van der Waals surface area contributed by atoms with Gasteiger partial charge in [-0.05, 0) is 43.5 Å². The van der Waals surface area contributed by atoms with E-state index >= 15 is 0 Å². The molecule has 0 radical (unpaired) electrons. The second-order valence-electron chi connectivity index (χ2n) is 7.20. The molecule has 2 N–H and O–H groups in total. The number of halogens is 3. The third kappa shape index (κ3) is 4.96. The van der Waals surface area contributed by atoms with Crippen LogP contribution in [0.5, 0.6) is 5.75 Å². The molecule has 0 saturated heterocycles. The maximum absolute atomic E-state index is 12.9. The zero-order valence-electron chi connectivity index (χ0n) is 17.0. The first-order valence-electron chi connectivity index (χ1n) is 9.66. The second-order valence-corrected chi connectivity index (χ2v) is 7.20. The van der Waals surface area contributed by atoms with E-state index in [4.69, 9.17) is 5.11 Å². The van der Waals surface area contributed by atoms with Crippen molar-refractivity contribution < 1.29 is 32.6 Å². The van der Waals surface area contributed by atoms with E-state index in [1.807, 2.05) is 0 Å². The van der Waals surface area contributed by atoms with E-state index in [9.17, 15) is 22.8 Å². The molecule has 0 aliphatic carbocycles. The van der Waals surface area contributed by atoms with Crippen LogP contribution in [-0.2, 0) is 6.54 Å². The topological polar surface area (TPSA) is 91.8 Å². The molecule has 1 aromatic carbocycles. The maximum atomic E-state index is 12.9. The van der Waals surface area contributed by atoms with Gasteiger partial charge in [-0.25, -0.2) is 0 Å². The first-order valence-corrected chi connectivity index (χ1v) is 9.66. The zero-order valence-corrected chi connectivity index (χ0v) is 17.0. The smallest absolute Gasteiger partial charge is 0.406 e. The quantitative estimate of drug-likeness (QED) is 0.650. The van der Waals surface area contributed by atoms with Gasteiger partial charge in [0.2, 0.25) is 0 Å². The highest BCUT2D eigenvalue weighted by Crippen LogP contribution is 2.34. The van der Waals surface area contributed by atoms with Crippen LogP contribution in [-0.4, -0.2) is 46.3 Å². The Bertz CT molecular complexity index is 994. The summed E-state index contributed by atoms with van der Waals surface area (Å²) < 4.78 is 41.5. The summed E-state index contributed by atoms with van der Waals surface area (Å²) in [6.07, 6.45) is -3.00. The Kier molecular flexibility index (Phi) is 6.49. The fourth-order valence-electron chi connectivity index (χ4n) is 3.47. The number of aliphatic hydroxyl groups excluding tert-OH is 1. The van der Waals surface area contributed by atoms with Crippen molar-refractivity contribution in [2.75, 3.05) is 13.2 Å². The largest absolute Gasteiger partial charge is 0.573 e. The van der Waals surface area contributed by atoms with Gasteiger partial charge in [-0.3, -0.25) is 14.6 Å². The van der Waals surface area contributed by atoms with Crippen LogP contribution in [0.3, 0.4) is 0 Å². The predicted molar refractivity (Wildman–Crippen MR) is 104 cm³/mol. The van der Waals surface area contributed by atoms with Crippen LogP contribution in [0.1, 0.15) is 56.9 Å². The molecule has 1 aromatic heterocycles. The summed E-state index contributed by atoms with van der Waals surface area (Å²) in [7, 11) is 0. The molecule has 10 heteroatoms. The van der Waals surface area contributed by atoms with Gasteiger partial charge >= 0.3 is 6.36 Å². The molecular weight excluding hydrogens is 415 g/mol. The van der Waals surface area contributed by atoms with Gasteiger partial charge in [-0.1, -0.05) is 12.1 Å². The molecule has 0 fully saturated rings. The number of benzene rings is 1. The number of pyridine rings is 1. The summed E-state index contributed by atoms with van der Waals surface area (Å²) in [4.78, 5) is 31.0. The van der Waals surface area contributed by atoms with Gasteiger partial charge < -0.3 is 20.1 Å². The Morgan fingerprint density at radius 3 is 2.74 bits per heavy atom. The summed E-state index contributed by atoms with van der Waals surface area (Å²) in [6, 6.07) is 5.34. The lowest BCUT2D eigenvalue weighted by Crippen LogP contribution is -2.28. The predicted octanol–water partition coefficient (Wildman–Crippen LogP) is 3.12. The molecule has 2 heterocycles. The fourth-order valence-corrected chi connectivity index (χ4v) is 3.47. The monoisotopic (exact) mass is 437 g/mol. The molecule has 31 heavy (non-hydrogen) atoms. The lowest BCUT2D eigenvalue weighted by Gasteiger charge is -2.25. The second kappa shape index (κ2) is 8.93. The molecular formula is C21H22F3N3O4. The number of fused-ring (bicyclic) bond motifs is 1.